The highest BCUT2D eigenvalue weighted by Gasteiger charge is 2.07. The Labute approximate surface area is 98.0 Å². The van der Waals surface area contributed by atoms with Crippen molar-refractivity contribution in [2.24, 2.45) is 0 Å². The fraction of sp³-hybridized carbons (Fsp3) is 0.300. The lowest BCUT2D eigenvalue weighted by molar-refractivity contribution is 1.12. The lowest BCUT2D eigenvalue weighted by atomic mass is 10.2. The maximum Gasteiger partial charge on any atom is 0.0992 e. The van der Waals surface area contributed by atoms with Crippen molar-refractivity contribution < 1.29 is 0 Å². The zero-order valence-corrected chi connectivity index (χ0v) is 9.96. The monoisotopic (exact) mass is 245 g/mol. The Kier molecular flexibility index (Phi) is 4.60. The Hall–Kier alpha value is -0.360. The molecule has 1 aromatic carbocycles. The first-order valence-electron chi connectivity index (χ1n) is 4.09. The van der Waals surface area contributed by atoms with E-state index in [1.54, 1.807) is 23.9 Å². The van der Waals surface area contributed by atoms with E-state index in [0.29, 0.717) is 21.7 Å². The van der Waals surface area contributed by atoms with Crippen LogP contribution >= 0.6 is 35.0 Å². The van der Waals surface area contributed by atoms with Gasteiger partial charge < -0.3 is 0 Å². The summed E-state index contributed by atoms with van der Waals surface area (Å²) in [6.45, 7) is 2.03. The largest absolute Gasteiger partial charge is 0.192 e. The van der Waals surface area contributed by atoms with Crippen LogP contribution in [0.15, 0.2) is 23.1 Å². The number of nitriles is 1. The minimum absolute atomic E-state index is 0.321. The van der Waals surface area contributed by atoms with Crippen molar-refractivity contribution in [1.82, 2.24) is 0 Å². The maximum absolute atomic E-state index is 8.64. The second kappa shape index (κ2) is 5.50. The summed E-state index contributed by atoms with van der Waals surface area (Å²) >= 11 is 13.3. The second-order valence-corrected chi connectivity index (χ2v) is 5.04. The number of alkyl halides is 1. The van der Waals surface area contributed by atoms with Crippen LogP contribution in [0.2, 0.25) is 5.02 Å². The van der Waals surface area contributed by atoms with E-state index in [9.17, 15) is 0 Å². The summed E-state index contributed by atoms with van der Waals surface area (Å²) in [6, 6.07) is 7.33. The third-order valence-electron chi connectivity index (χ3n) is 1.61. The number of thioether (sulfide) groups is 1. The van der Waals surface area contributed by atoms with Gasteiger partial charge in [-0.3, -0.25) is 0 Å². The summed E-state index contributed by atoms with van der Waals surface area (Å²) in [7, 11) is 0. The molecule has 1 rings (SSSR count). The van der Waals surface area contributed by atoms with Crippen molar-refractivity contribution in [3.05, 3.63) is 28.8 Å². The van der Waals surface area contributed by atoms with Crippen LogP contribution in [0, 0.1) is 11.3 Å². The van der Waals surface area contributed by atoms with E-state index in [1.165, 1.54) is 0 Å². The van der Waals surface area contributed by atoms with Gasteiger partial charge in [0.25, 0.3) is 0 Å². The van der Waals surface area contributed by atoms with Gasteiger partial charge >= 0.3 is 0 Å². The second-order valence-electron chi connectivity index (χ2n) is 2.84. The first-order valence-corrected chi connectivity index (χ1v) is 5.89. The fourth-order valence-corrected chi connectivity index (χ4v) is 2.23. The van der Waals surface area contributed by atoms with Gasteiger partial charge in [0.1, 0.15) is 0 Å². The van der Waals surface area contributed by atoms with Crippen molar-refractivity contribution in [3.63, 3.8) is 0 Å². The lowest BCUT2D eigenvalue weighted by Gasteiger charge is -2.08. The molecule has 14 heavy (non-hydrogen) atoms. The van der Waals surface area contributed by atoms with E-state index in [2.05, 4.69) is 0 Å². The molecule has 1 atom stereocenters. The summed E-state index contributed by atoms with van der Waals surface area (Å²) < 4.78 is 0. The Balaban J connectivity index is 2.85. The zero-order valence-electron chi connectivity index (χ0n) is 7.63. The molecule has 1 aromatic rings. The topological polar surface area (TPSA) is 23.8 Å². The van der Waals surface area contributed by atoms with Crippen LogP contribution in [0.4, 0.5) is 0 Å². The number of rotatable bonds is 3. The number of nitrogens with zero attached hydrogens (tertiary/aromatic N) is 1. The molecule has 0 aliphatic rings. The van der Waals surface area contributed by atoms with E-state index < -0.39 is 0 Å². The minimum Gasteiger partial charge on any atom is -0.192 e. The van der Waals surface area contributed by atoms with Gasteiger partial charge in [-0.25, -0.2) is 0 Å². The molecule has 4 heteroatoms. The molecule has 0 aromatic heterocycles. The molecule has 0 amide bonds. The van der Waals surface area contributed by atoms with Gasteiger partial charge in [-0.1, -0.05) is 18.5 Å². The van der Waals surface area contributed by atoms with Gasteiger partial charge in [-0.15, -0.1) is 23.4 Å². The average molecular weight is 246 g/mol. The average Bonchev–Trinajstić information content (AvgIpc) is 2.20. The third kappa shape index (κ3) is 3.09. The standard InChI is InChI=1S/C10H9Cl2NS/c1-7(5-11)14-10-3-2-8(6-13)4-9(10)12/h2-4,7H,5H2,1H3. The van der Waals surface area contributed by atoms with E-state index in [4.69, 9.17) is 28.5 Å². The molecule has 1 nitrogen and oxygen atoms in total. The lowest BCUT2D eigenvalue weighted by Crippen LogP contribution is -1.96. The Bertz CT molecular complexity index is 360. The molecule has 0 aliphatic carbocycles. The number of halogens is 2. The van der Waals surface area contributed by atoms with Crippen LogP contribution in [0.25, 0.3) is 0 Å². The van der Waals surface area contributed by atoms with Crippen LogP contribution in [0.3, 0.4) is 0 Å². The molecule has 74 valence electrons. The van der Waals surface area contributed by atoms with Gasteiger partial charge in [0.05, 0.1) is 16.7 Å². The van der Waals surface area contributed by atoms with Crippen molar-refractivity contribution >= 4 is 35.0 Å². The predicted octanol–water partition coefficient (Wildman–Crippen LogP) is 3.93. The summed E-state index contributed by atoms with van der Waals surface area (Å²) in [5.41, 5.74) is 0.581. The molecule has 0 spiro atoms. The number of hydrogen-bond acceptors (Lipinski definition) is 2. The van der Waals surface area contributed by atoms with Crippen LogP contribution in [0.5, 0.6) is 0 Å². The van der Waals surface area contributed by atoms with E-state index >= 15 is 0 Å². The third-order valence-corrected chi connectivity index (χ3v) is 3.86. The Morgan fingerprint density at radius 1 is 1.57 bits per heavy atom. The van der Waals surface area contributed by atoms with Crippen molar-refractivity contribution in [3.8, 4) is 6.07 Å². The van der Waals surface area contributed by atoms with Crippen molar-refractivity contribution in [2.75, 3.05) is 5.88 Å². The van der Waals surface area contributed by atoms with Gasteiger partial charge in [0.15, 0.2) is 0 Å². The highest BCUT2D eigenvalue weighted by atomic mass is 35.5. The SMILES string of the molecule is CC(CCl)Sc1ccc(C#N)cc1Cl. The fourth-order valence-electron chi connectivity index (χ4n) is 0.914. The Morgan fingerprint density at radius 3 is 2.79 bits per heavy atom. The molecule has 0 N–H and O–H groups in total. The van der Waals surface area contributed by atoms with Crippen molar-refractivity contribution in [1.29, 1.82) is 5.26 Å². The van der Waals surface area contributed by atoms with Crippen molar-refractivity contribution in [2.45, 2.75) is 17.1 Å². The van der Waals surface area contributed by atoms with E-state index in [0.717, 1.165) is 4.90 Å². The van der Waals surface area contributed by atoms with Crippen LogP contribution in [-0.2, 0) is 0 Å². The van der Waals surface area contributed by atoms with Gasteiger partial charge in [-0.05, 0) is 18.2 Å². The molecule has 0 saturated carbocycles. The smallest absolute Gasteiger partial charge is 0.0992 e. The first kappa shape index (κ1) is 11.7. The first-order chi connectivity index (χ1) is 6.67. The molecule has 0 bridgehead atoms. The highest BCUT2D eigenvalue weighted by molar-refractivity contribution is 8.00. The summed E-state index contributed by atoms with van der Waals surface area (Å²) in [4.78, 5) is 0.971. The van der Waals surface area contributed by atoms with Gasteiger partial charge in [0.2, 0.25) is 0 Å². The molecule has 0 saturated heterocycles. The molecule has 0 fully saturated rings. The summed E-state index contributed by atoms with van der Waals surface area (Å²) in [5.74, 6) is 0.584. The minimum atomic E-state index is 0.321. The van der Waals surface area contributed by atoms with E-state index in [-0.39, 0.29) is 0 Å². The van der Waals surface area contributed by atoms with Gasteiger partial charge in [0, 0.05) is 16.0 Å². The van der Waals surface area contributed by atoms with Crippen LogP contribution < -0.4 is 0 Å². The molecule has 0 aliphatic heterocycles. The molecule has 1 unspecified atom stereocenters. The normalized spacial score (nSPS) is 12.1. The van der Waals surface area contributed by atoms with E-state index in [1.807, 2.05) is 19.1 Å². The number of hydrogen-bond donors (Lipinski definition) is 0. The molecule has 0 heterocycles. The molecular formula is C10H9Cl2NS. The summed E-state index contributed by atoms with van der Waals surface area (Å²) in [6.07, 6.45) is 0. The number of benzene rings is 1. The summed E-state index contributed by atoms with van der Waals surface area (Å²) in [5, 5.41) is 9.58. The van der Waals surface area contributed by atoms with Crippen LogP contribution in [-0.4, -0.2) is 11.1 Å². The molecule has 0 radical (unpaired) electrons. The predicted molar refractivity (Wildman–Crippen MR) is 62.2 cm³/mol. The Morgan fingerprint density at radius 2 is 2.29 bits per heavy atom. The van der Waals surface area contributed by atoms with Gasteiger partial charge in [-0.2, -0.15) is 5.26 Å². The highest BCUT2D eigenvalue weighted by Crippen LogP contribution is 2.31. The maximum atomic E-state index is 8.64. The van der Waals surface area contributed by atoms with Crippen LogP contribution in [0.1, 0.15) is 12.5 Å². The molecular weight excluding hydrogens is 237 g/mol. The quantitative estimate of drug-likeness (QED) is 0.596. The zero-order chi connectivity index (χ0) is 10.6.